The first-order chi connectivity index (χ1) is 9.81. The van der Waals surface area contributed by atoms with Crippen molar-refractivity contribution in [1.29, 1.82) is 0 Å². The molecule has 0 heterocycles. The normalized spacial score (nSPS) is 20.4. The van der Waals surface area contributed by atoms with Crippen molar-refractivity contribution in [3.8, 4) is 5.75 Å². The van der Waals surface area contributed by atoms with Crippen molar-refractivity contribution in [3.63, 3.8) is 0 Å². The largest absolute Gasteiger partial charge is 0.494 e. The molecule has 2 rings (SSSR count). The minimum Gasteiger partial charge on any atom is -0.494 e. The van der Waals surface area contributed by atoms with Gasteiger partial charge in [-0.1, -0.05) is 38.0 Å². The Hall–Kier alpha value is -1.28. The Morgan fingerprint density at radius 2 is 1.85 bits per heavy atom. The zero-order valence-corrected chi connectivity index (χ0v) is 12.5. The van der Waals surface area contributed by atoms with E-state index < -0.39 is 6.10 Å². The molecule has 0 aliphatic heterocycles. The fraction of sp³-hybridized carbons (Fsp3) is 0.556. The third kappa shape index (κ3) is 4.38. The maximum Gasteiger partial charge on any atom is 0.119 e. The molecule has 2 heteroatoms. The van der Waals surface area contributed by atoms with E-state index in [9.17, 15) is 5.11 Å². The molecular formula is C18H26O2. The van der Waals surface area contributed by atoms with Crippen molar-refractivity contribution < 1.29 is 9.84 Å². The maximum atomic E-state index is 10.5. The Labute approximate surface area is 122 Å². The number of rotatable bonds is 5. The molecule has 1 aliphatic rings. The Bertz CT molecular complexity index is 420. The predicted octanol–water partition coefficient (Wildman–Crippen LogP) is 4.79. The first-order valence-corrected chi connectivity index (χ1v) is 7.91. The second-order valence-electron chi connectivity index (χ2n) is 5.55. The first kappa shape index (κ1) is 15.1. The summed E-state index contributed by atoms with van der Waals surface area (Å²) in [5, 5.41) is 10.5. The summed E-state index contributed by atoms with van der Waals surface area (Å²) >= 11 is 0. The van der Waals surface area contributed by atoms with Gasteiger partial charge in [0.25, 0.3) is 0 Å². The van der Waals surface area contributed by atoms with E-state index in [1.54, 1.807) is 0 Å². The molecule has 2 nitrogen and oxygen atoms in total. The number of hydrogen-bond donors (Lipinski definition) is 1. The average molecular weight is 274 g/mol. The molecule has 0 fully saturated rings. The van der Waals surface area contributed by atoms with Crippen molar-refractivity contribution >= 4 is 0 Å². The zero-order valence-electron chi connectivity index (χ0n) is 12.5. The lowest BCUT2D eigenvalue weighted by Crippen LogP contribution is -2.04. The van der Waals surface area contributed by atoms with E-state index in [0.29, 0.717) is 0 Å². The fourth-order valence-corrected chi connectivity index (χ4v) is 2.65. The quantitative estimate of drug-likeness (QED) is 0.782. The van der Waals surface area contributed by atoms with Crippen LogP contribution in [0, 0.1) is 0 Å². The van der Waals surface area contributed by atoms with Crippen LogP contribution in [0.1, 0.15) is 63.5 Å². The fourth-order valence-electron chi connectivity index (χ4n) is 2.65. The minimum atomic E-state index is -0.451. The summed E-state index contributed by atoms with van der Waals surface area (Å²) < 4.78 is 5.58. The van der Waals surface area contributed by atoms with Crippen LogP contribution in [-0.4, -0.2) is 11.7 Å². The summed E-state index contributed by atoms with van der Waals surface area (Å²) in [6, 6.07) is 7.87. The summed E-state index contributed by atoms with van der Waals surface area (Å²) in [6.07, 6.45) is 9.98. The Morgan fingerprint density at radius 3 is 2.60 bits per heavy atom. The van der Waals surface area contributed by atoms with Crippen molar-refractivity contribution in [2.24, 2.45) is 0 Å². The highest BCUT2D eigenvalue weighted by Gasteiger charge is 2.14. The predicted molar refractivity (Wildman–Crippen MR) is 83.0 cm³/mol. The van der Waals surface area contributed by atoms with Crippen LogP contribution in [0.2, 0.25) is 0 Å². The van der Waals surface area contributed by atoms with Crippen molar-refractivity contribution in [3.05, 3.63) is 41.5 Å². The van der Waals surface area contributed by atoms with Crippen LogP contribution in [0.3, 0.4) is 0 Å². The van der Waals surface area contributed by atoms with Crippen LogP contribution in [0.5, 0.6) is 5.75 Å². The monoisotopic (exact) mass is 274 g/mol. The number of ether oxygens (including phenoxy) is 1. The van der Waals surface area contributed by atoms with Crippen LogP contribution in [0.25, 0.3) is 0 Å². The standard InChI is InChI=1S/C18H26O2/c1-2-14-20-17-12-10-16(11-13-17)18(19)15-8-6-4-3-5-7-9-15/h8,10-13,18-19H,2-7,9,14H2,1H3/b15-8+. The van der Waals surface area contributed by atoms with Crippen LogP contribution < -0.4 is 4.74 Å². The first-order valence-electron chi connectivity index (χ1n) is 7.91. The topological polar surface area (TPSA) is 29.5 Å². The highest BCUT2D eigenvalue weighted by atomic mass is 16.5. The molecule has 0 spiro atoms. The number of allylic oxidation sites excluding steroid dienone is 1. The van der Waals surface area contributed by atoms with Gasteiger partial charge in [0, 0.05) is 0 Å². The molecule has 0 saturated carbocycles. The molecule has 20 heavy (non-hydrogen) atoms. The molecule has 1 N–H and O–H groups in total. The van der Waals surface area contributed by atoms with E-state index in [1.165, 1.54) is 31.3 Å². The highest BCUT2D eigenvalue weighted by molar-refractivity contribution is 5.32. The zero-order chi connectivity index (χ0) is 14.2. The van der Waals surface area contributed by atoms with E-state index in [1.807, 2.05) is 24.3 Å². The third-order valence-corrected chi connectivity index (χ3v) is 3.85. The highest BCUT2D eigenvalue weighted by Crippen LogP contribution is 2.29. The van der Waals surface area contributed by atoms with Gasteiger partial charge in [0.15, 0.2) is 0 Å². The minimum absolute atomic E-state index is 0.451. The number of benzene rings is 1. The van der Waals surface area contributed by atoms with Gasteiger partial charge in [-0.2, -0.15) is 0 Å². The molecule has 0 bridgehead atoms. The molecule has 110 valence electrons. The lowest BCUT2D eigenvalue weighted by molar-refractivity contribution is 0.209. The molecule has 0 radical (unpaired) electrons. The smallest absolute Gasteiger partial charge is 0.119 e. The van der Waals surface area contributed by atoms with Gasteiger partial charge in [-0.25, -0.2) is 0 Å². The van der Waals surface area contributed by atoms with Gasteiger partial charge in [0.2, 0.25) is 0 Å². The van der Waals surface area contributed by atoms with Gasteiger partial charge in [-0.3, -0.25) is 0 Å². The van der Waals surface area contributed by atoms with E-state index in [4.69, 9.17) is 4.74 Å². The summed E-state index contributed by atoms with van der Waals surface area (Å²) in [5.74, 6) is 0.884. The third-order valence-electron chi connectivity index (χ3n) is 3.85. The van der Waals surface area contributed by atoms with Gasteiger partial charge >= 0.3 is 0 Å². The van der Waals surface area contributed by atoms with Crippen LogP contribution in [-0.2, 0) is 0 Å². The summed E-state index contributed by atoms with van der Waals surface area (Å²) in [7, 11) is 0. The molecule has 1 aromatic rings. The van der Waals surface area contributed by atoms with Gasteiger partial charge in [0.05, 0.1) is 6.61 Å². The lowest BCUT2D eigenvalue weighted by atomic mass is 9.93. The summed E-state index contributed by atoms with van der Waals surface area (Å²) in [4.78, 5) is 0. The van der Waals surface area contributed by atoms with E-state index >= 15 is 0 Å². The van der Waals surface area contributed by atoms with Gasteiger partial charge in [0.1, 0.15) is 11.9 Å². The van der Waals surface area contributed by atoms with Crippen molar-refractivity contribution in [1.82, 2.24) is 0 Å². The summed E-state index contributed by atoms with van der Waals surface area (Å²) in [5.41, 5.74) is 2.16. The molecule has 1 aliphatic carbocycles. The van der Waals surface area contributed by atoms with Crippen LogP contribution >= 0.6 is 0 Å². The molecule has 1 unspecified atom stereocenters. The second-order valence-corrected chi connectivity index (χ2v) is 5.55. The van der Waals surface area contributed by atoms with Gasteiger partial charge in [-0.15, -0.1) is 0 Å². The molecule has 0 amide bonds. The van der Waals surface area contributed by atoms with Crippen molar-refractivity contribution in [2.75, 3.05) is 6.61 Å². The van der Waals surface area contributed by atoms with Crippen LogP contribution in [0.15, 0.2) is 35.9 Å². The lowest BCUT2D eigenvalue weighted by Gasteiger charge is -2.18. The number of hydrogen-bond acceptors (Lipinski definition) is 2. The van der Waals surface area contributed by atoms with Gasteiger partial charge in [-0.05, 0) is 55.4 Å². The maximum absolute atomic E-state index is 10.5. The number of aliphatic hydroxyl groups excluding tert-OH is 1. The molecule has 0 aromatic heterocycles. The number of aliphatic hydroxyl groups is 1. The van der Waals surface area contributed by atoms with E-state index in [2.05, 4.69) is 13.0 Å². The Balaban J connectivity index is 2.01. The van der Waals surface area contributed by atoms with E-state index in [0.717, 1.165) is 37.2 Å². The average Bonchev–Trinajstić information content (AvgIpc) is 2.45. The molecule has 0 saturated heterocycles. The van der Waals surface area contributed by atoms with Crippen LogP contribution in [0.4, 0.5) is 0 Å². The van der Waals surface area contributed by atoms with E-state index in [-0.39, 0.29) is 0 Å². The molecule has 1 atom stereocenters. The molecule has 1 aromatic carbocycles. The summed E-state index contributed by atoms with van der Waals surface area (Å²) in [6.45, 7) is 2.84. The Kier molecular flexibility index (Phi) is 6.13. The van der Waals surface area contributed by atoms with Crippen molar-refractivity contribution in [2.45, 2.75) is 58.0 Å². The molecular weight excluding hydrogens is 248 g/mol. The Morgan fingerprint density at radius 1 is 1.10 bits per heavy atom. The van der Waals surface area contributed by atoms with Gasteiger partial charge < -0.3 is 9.84 Å². The second kappa shape index (κ2) is 8.11. The SMILES string of the molecule is CCCOc1ccc(C(O)/C2=C/CCCCCC2)cc1.